The van der Waals surface area contributed by atoms with Crippen molar-refractivity contribution >= 4 is 33.7 Å². The number of sulfonamides is 1. The van der Waals surface area contributed by atoms with Gasteiger partial charge in [-0.15, -0.1) is 0 Å². The maximum absolute atomic E-state index is 14.0. The Hall–Kier alpha value is -4.43. The summed E-state index contributed by atoms with van der Waals surface area (Å²) in [5, 5.41) is 15.2. The summed E-state index contributed by atoms with van der Waals surface area (Å²) in [5.74, 6) is -0.00403. The highest BCUT2D eigenvalue weighted by Gasteiger charge is 2.52. The first-order valence-corrected chi connectivity index (χ1v) is 15.9. The number of allylic oxidation sites excluding steroid dienone is 2. The topological polar surface area (TPSA) is 142 Å². The highest BCUT2D eigenvalue weighted by Crippen LogP contribution is 2.47. The van der Waals surface area contributed by atoms with Crippen LogP contribution in [0.15, 0.2) is 81.0 Å². The maximum atomic E-state index is 14.0. The fraction of sp³-hybridized carbons (Fsp3) is 0.355. The maximum Gasteiger partial charge on any atom is 0.318 e. The van der Waals surface area contributed by atoms with Gasteiger partial charge in [0.25, 0.3) is 0 Å². The number of hydrogen-bond acceptors (Lipinski definition) is 10. The zero-order valence-electron chi connectivity index (χ0n) is 24.5. The lowest BCUT2D eigenvalue weighted by molar-refractivity contribution is -0.156. The molecular weight excluding hydrogens is 606 g/mol. The third-order valence-electron chi connectivity index (χ3n) is 8.38. The fourth-order valence-corrected chi connectivity index (χ4v) is 7.44. The van der Waals surface area contributed by atoms with Crippen LogP contribution in [0.3, 0.4) is 0 Å². The van der Waals surface area contributed by atoms with Crippen molar-refractivity contribution in [2.24, 2.45) is 5.41 Å². The lowest BCUT2D eigenvalue weighted by atomic mass is 9.68. The number of ether oxygens (including phenoxy) is 1. The molecule has 0 bridgehead atoms. The second kappa shape index (κ2) is 12.2. The van der Waals surface area contributed by atoms with Gasteiger partial charge in [0.15, 0.2) is 0 Å². The van der Waals surface area contributed by atoms with E-state index >= 15 is 0 Å². The van der Waals surface area contributed by atoms with E-state index in [4.69, 9.17) is 14.7 Å². The van der Waals surface area contributed by atoms with Gasteiger partial charge < -0.3 is 24.9 Å². The Balaban J connectivity index is 1.30. The molecule has 45 heavy (non-hydrogen) atoms. The molecule has 11 nitrogen and oxygen atoms in total. The van der Waals surface area contributed by atoms with Crippen molar-refractivity contribution in [3.05, 3.63) is 88.9 Å². The van der Waals surface area contributed by atoms with Crippen molar-refractivity contribution in [1.82, 2.24) is 14.4 Å². The van der Waals surface area contributed by atoms with Crippen LogP contribution >= 0.6 is 0 Å². The molecule has 3 aliphatic rings. The molecule has 3 aromatic rings. The number of benzene rings is 1. The molecule has 0 unspecified atom stereocenters. The van der Waals surface area contributed by atoms with E-state index in [1.165, 1.54) is 28.7 Å². The Kier molecular flexibility index (Phi) is 8.27. The Morgan fingerprint density at radius 3 is 2.69 bits per heavy atom. The van der Waals surface area contributed by atoms with Gasteiger partial charge >= 0.3 is 5.97 Å². The van der Waals surface area contributed by atoms with E-state index in [1.807, 2.05) is 0 Å². The molecule has 4 heterocycles. The summed E-state index contributed by atoms with van der Waals surface area (Å²) in [6.07, 6.45) is 3.78. The number of fused-ring (bicyclic) bond motifs is 1. The molecule has 2 N–H and O–H groups in total. The Bertz CT molecular complexity index is 1770. The molecule has 2 aliphatic heterocycles. The highest BCUT2D eigenvalue weighted by molar-refractivity contribution is 7.89. The molecule has 2 saturated heterocycles. The first-order chi connectivity index (χ1) is 21.6. The van der Waals surface area contributed by atoms with Crippen LogP contribution in [0.25, 0.3) is 0 Å². The van der Waals surface area contributed by atoms with Crippen LogP contribution in [0.1, 0.15) is 30.7 Å². The van der Waals surface area contributed by atoms with Crippen molar-refractivity contribution < 1.29 is 31.3 Å². The predicted octanol–water partition coefficient (Wildman–Crippen LogP) is 4.54. The Morgan fingerprint density at radius 2 is 2.04 bits per heavy atom. The number of carbonyl (C=O) groups is 1. The van der Waals surface area contributed by atoms with Crippen LogP contribution in [0, 0.1) is 23.6 Å². The average Bonchev–Trinajstić information content (AvgIpc) is 3.67. The average molecular weight is 639 g/mol. The van der Waals surface area contributed by atoms with Gasteiger partial charge in [0.1, 0.15) is 46.2 Å². The largest absolute Gasteiger partial charge is 0.458 e. The Labute approximate surface area is 259 Å². The van der Waals surface area contributed by atoms with Crippen LogP contribution in [-0.4, -0.2) is 67.4 Å². The van der Waals surface area contributed by atoms with Gasteiger partial charge in [-0.25, -0.2) is 22.2 Å². The number of aryl methyl sites for hydroxylation is 1. The fourth-order valence-electron chi connectivity index (χ4n) is 5.99. The number of rotatable bonds is 9. The number of nitrogens with zero attached hydrogens (tertiary/aromatic N) is 4. The smallest absolute Gasteiger partial charge is 0.318 e. The van der Waals surface area contributed by atoms with E-state index in [-0.39, 0.29) is 44.0 Å². The summed E-state index contributed by atoms with van der Waals surface area (Å²) in [7, 11) is -4.10. The number of nitrogens with one attached hydrogen (secondary N) is 2. The summed E-state index contributed by atoms with van der Waals surface area (Å²) in [6.45, 7) is 2.11. The summed E-state index contributed by atoms with van der Waals surface area (Å²) in [4.78, 5) is 20.0. The molecule has 6 rings (SSSR count). The number of anilines is 2. The second-order valence-electron chi connectivity index (χ2n) is 11.4. The SMILES string of the molecule is Cc1cc(COC(=O)[C@]23CC(C=N)=C(Nc4ccc(F)cc4)C=C2CCN(S(=O)(=O)c2ccc(N4CC[C@@H](F)C4)nc2)C3)no1. The third kappa shape index (κ3) is 6.12. The number of alkyl halides is 1. The van der Waals surface area contributed by atoms with Crippen LogP contribution < -0.4 is 10.2 Å². The van der Waals surface area contributed by atoms with E-state index < -0.39 is 33.4 Å². The molecular formula is C31H32F2N6O5S. The van der Waals surface area contributed by atoms with Crippen LogP contribution in [0.2, 0.25) is 0 Å². The van der Waals surface area contributed by atoms with E-state index in [0.29, 0.717) is 52.8 Å². The van der Waals surface area contributed by atoms with Gasteiger partial charge in [-0.2, -0.15) is 4.31 Å². The summed E-state index contributed by atoms with van der Waals surface area (Å²) in [6, 6.07) is 10.4. The van der Waals surface area contributed by atoms with Crippen LogP contribution in [0.5, 0.6) is 0 Å². The minimum atomic E-state index is -4.10. The summed E-state index contributed by atoms with van der Waals surface area (Å²) in [5.41, 5.74) is 1.21. The molecule has 0 radical (unpaired) electrons. The van der Waals surface area contributed by atoms with Crippen molar-refractivity contribution in [3.63, 3.8) is 0 Å². The zero-order valence-corrected chi connectivity index (χ0v) is 25.3. The quantitative estimate of drug-likeness (QED) is 0.255. The van der Waals surface area contributed by atoms with E-state index in [0.717, 1.165) is 6.21 Å². The number of esters is 1. The number of aromatic nitrogens is 2. The van der Waals surface area contributed by atoms with Gasteiger partial charge in [0.05, 0.1) is 6.54 Å². The molecule has 2 aromatic heterocycles. The lowest BCUT2D eigenvalue weighted by Crippen LogP contribution is -2.53. The predicted molar refractivity (Wildman–Crippen MR) is 161 cm³/mol. The van der Waals surface area contributed by atoms with Gasteiger partial charge in [-0.05, 0) is 79.8 Å². The van der Waals surface area contributed by atoms with Gasteiger partial charge in [-0.1, -0.05) is 5.16 Å². The zero-order chi connectivity index (χ0) is 31.8. The first kappa shape index (κ1) is 30.6. The number of halogens is 2. The lowest BCUT2D eigenvalue weighted by Gasteiger charge is -2.44. The monoisotopic (exact) mass is 638 g/mol. The molecule has 1 aliphatic carbocycles. The first-order valence-electron chi connectivity index (χ1n) is 14.5. The molecule has 1 aromatic carbocycles. The van der Waals surface area contributed by atoms with Crippen molar-refractivity contribution in [3.8, 4) is 0 Å². The second-order valence-corrected chi connectivity index (χ2v) is 13.4. The molecule has 0 spiro atoms. The molecule has 14 heteroatoms. The minimum absolute atomic E-state index is 0.00883. The third-order valence-corrected chi connectivity index (χ3v) is 10.2. The summed E-state index contributed by atoms with van der Waals surface area (Å²) >= 11 is 0. The van der Waals surface area contributed by atoms with Gasteiger partial charge in [0, 0.05) is 49.5 Å². The Morgan fingerprint density at radius 1 is 1.24 bits per heavy atom. The molecule has 0 amide bonds. The van der Waals surface area contributed by atoms with E-state index in [9.17, 15) is 22.0 Å². The van der Waals surface area contributed by atoms with Crippen LogP contribution in [-0.2, 0) is 26.2 Å². The molecule has 0 saturated carbocycles. The van der Waals surface area contributed by atoms with Gasteiger partial charge in [0.2, 0.25) is 10.0 Å². The van der Waals surface area contributed by atoms with E-state index in [1.54, 1.807) is 42.2 Å². The minimum Gasteiger partial charge on any atom is -0.458 e. The number of hydrogen-bond donors (Lipinski definition) is 2. The normalized spacial score (nSPS) is 22.2. The molecule has 236 valence electrons. The molecule has 2 atom stereocenters. The number of pyridine rings is 1. The van der Waals surface area contributed by atoms with Crippen molar-refractivity contribution in [2.75, 3.05) is 36.4 Å². The standard InChI is InChI=1S/C31H32F2N6O5S/c1-20-12-26(37-44-20)18-43-30(40)31-14-21(15-34)28(36-25-4-2-23(32)3-5-25)13-22(31)8-11-39(19-31)45(41,42)27-6-7-29(35-16-27)38-10-9-24(33)17-38/h2-7,12-13,15-16,24,34,36H,8-11,14,17-19H2,1H3/t24-,31+/m1/s1. The number of piperidine rings is 1. The van der Waals surface area contributed by atoms with Crippen molar-refractivity contribution in [1.29, 1.82) is 5.41 Å². The summed E-state index contributed by atoms with van der Waals surface area (Å²) < 4.78 is 67.0. The van der Waals surface area contributed by atoms with Gasteiger partial charge in [-0.3, -0.25) is 4.79 Å². The molecule has 2 fully saturated rings. The van der Waals surface area contributed by atoms with E-state index in [2.05, 4.69) is 15.5 Å². The van der Waals surface area contributed by atoms with Crippen LogP contribution in [0.4, 0.5) is 20.3 Å². The van der Waals surface area contributed by atoms with Crippen molar-refractivity contribution in [2.45, 2.75) is 43.9 Å². The highest BCUT2D eigenvalue weighted by atomic mass is 32.2. The number of carbonyl (C=O) groups excluding carboxylic acids is 1.